The highest BCUT2D eigenvalue weighted by Crippen LogP contribution is 2.34. The molecule has 3 N–H and O–H groups in total. The summed E-state index contributed by atoms with van der Waals surface area (Å²) in [4.78, 5) is 14.6. The first-order valence-electron chi connectivity index (χ1n) is 9.14. The van der Waals surface area contributed by atoms with Crippen LogP contribution in [0.2, 0.25) is 0 Å². The number of nitrogens with one attached hydrogen (secondary N) is 3. The van der Waals surface area contributed by atoms with Gasteiger partial charge < -0.3 is 20.5 Å². The van der Waals surface area contributed by atoms with Crippen molar-refractivity contribution in [3.05, 3.63) is 24.7 Å². The first-order valence-corrected chi connectivity index (χ1v) is 9.14. The topological polar surface area (TPSA) is 86.7 Å². The van der Waals surface area contributed by atoms with Crippen LogP contribution in [0.1, 0.15) is 19.8 Å². The Hall–Kier alpha value is -2.61. The van der Waals surface area contributed by atoms with Crippen molar-refractivity contribution in [3.63, 3.8) is 0 Å². The van der Waals surface area contributed by atoms with Crippen molar-refractivity contribution in [2.75, 3.05) is 31.3 Å². The van der Waals surface area contributed by atoms with Crippen LogP contribution < -0.4 is 10.6 Å². The van der Waals surface area contributed by atoms with E-state index in [1.54, 1.807) is 6.20 Å². The first-order chi connectivity index (χ1) is 12.6. The van der Waals surface area contributed by atoms with Gasteiger partial charge in [0.2, 0.25) is 5.95 Å². The molecule has 0 aliphatic heterocycles. The van der Waals surface area contributed by atoms with Gasteiger partial charge in [-0.1, -0.05) is 0 Å². The van der Waals surface area contributed by atoms with Crippen LogP contribution >= 0.6 is 0 Å². The minimum Gasteiger partial charge on any atom is -0.367 e. The lowest BCUT2D eigenvalue weighted by molar-refractivity contribution is 0.373. The number of anilines is 3. The largest absolute Gasteiger partial charge is 0.367 e. The Bertz CT molecular complexity index is 876. The monoisotopic (exact) mass is 354 g/mol. The van der Waals surface area contributed by atoms with Crippen molar-refractivity contribution in [2.24, 2.45) is 5.92 Å². The quantitative estimate of drug-likeness (QED) is 0.576. The van der Waals surface area contributed by atoms with Crippen LogP contribution in [0.4, 0.5) is 17.5 Å². The van der Waals surface area contributed by atoms with Crippen molar-refractivity contribution in [3.8, 4) is 0 Å². The molecule has 0 amide bonds. The van der Waals surface area contributed by atoms with E-state index >= 15 is 0 Å². The predicted molar refractivity (Wildman–Crippen MR) is 104 cm³/mol. The van der Waals surface area contributed by atoms with Gasteiger partial charge in [0.05, 0.1) is 23.8 Å². The van der Waals surface area contributed by atoms with Gasteiger partial charge in [-0.3, -0.25) is 4.68 Å². The number of fused-ring (bicyclic) bond motifs is 1. The van der Waals surface area contributed by atoms with Gasteiger partial charge in [-0.15, -0.1) is 0 Å². The summed E-state index contributed by atoms with van der Waals surface area (Å²) in [5.74, 6) is 2.20. The molecule has 0 saturated heterocycles. The third-order valence-electron chi connectivity index (χ3n) is 4.77. The smallest absolute Gasteiger partial charge is 0.231 e. The molecule has 1 aliphatic rings. The molecule has 1 unspecified atom stereocenters. The van der Waals surface area contributed by atoms with E-state index < -0.39 is 0 Å². The minimum absolute atomic E-state index is 0.421. The van der Waals surface area contributed by atoms with Crippen LogP contribution in [0, 0.1) is 5.92 Å². The van der Waals surface area contributed by atoms with Crippen LogP contribution in [0.15, 0.2) is 24.7 Å². The van der Waals surface area contributed by atoms with Gasteiger partial charge in [0.15, 0.2) is 0 Å². The molecule has 1 fully saturated rings. The molecule has 3 aromatic rings. The second kappa shape index (κ2) is 6.95. The van der Waals surface area contributed by atoms with Crippen molar-refractivity contribution in [2.45, 2.75) is 32.4 Å². The van der Waals surface area contributed by atoms with Crippen molar-refractivity contribution in [1.82, 2.24) is 29.6 Å². The molecule has 1 aliphatic carbocycles. The zero-order valence-corrected chi connectivity index (χ0v) is 15.5. The SMILES string of the molecule is CC(Nc1nc(Nc2cnn(CCN(C)C)c2)nc2[nH]ccc12)C1CC1. The number of aromatic nitrogens is 5. The average Bonchev–Trinajstić information content (AvgIpc) is 3.19. The van der Waals surface area contributed by atoms with Crippen molar-refractivity contribution < 1.29 is 0 Å². The number of rotatable bonds is 8. The zero-order valence-electron chi connectivity index (χ0n) is 15.5. The fraction of sp³-hybridized carbons (Fsp3) is 0.500. The summed E-state index contributed by atoms with van der Waals surface area (Å²) in [6.45, 7) is 4.01. The van der Waals surface area contributed by atoms with E-state index in [-0.39, 0.29) is 0 Å². The maximum atomic E-state index is 4.70. The normalized spacial score (nSPS) is 15.5. The molecule has 1 atom stereocenters. The Morgan fingerprint density at radius 2 is 2.19 bits per heavy atom. The van der Waals surface area contributed by atoms with E-state index in [1.807, 2.05) is 23.1 Å². The maximum absolute atomic E-state index is 4.70. The number of likely N-dealkylation sites (N-methyl/N-ethyl adjacent to an activating group) is 1. The Kier molecular flexibility index (Phi) is 4.50. The molecule has 4 rings (SSSR count). The van der Waals surface area contributed by atoms with E-state index in [9.17, 15) is 0 Å². The Morgan fingerprint density at radius 3 is 2.96 bits per heavy atom. The van der Waals surface area contributed by atoms with Crippen LogP contribution in [0.3, 0.4) is 0 Å². The second-order valence-electron chi connectivity index (χ2n) is 7.33. The summed E-state index contributed by atoms with van der Waals surface area (Å²) >= 11 is 0. The fourth-order valence-electron chi connectivity index (χ4n) is 3.02. The molecule has 8 heteroatoms. The number of H-pyrrole nitrogens is 1. The highest BCUT2D eigenvalue weighted by molar-refractivity contribution is 5.88. The van der Waals surface area contributed by atoms with Gasteiger partial charge in [0.1, 0.15) is 11.5 Å². The lowest BCUT2D eigenvalue weighted by Gasteiger charge is -2.15. The Balaban J connectivity index is 1.52. The highest BCUT2D eigenvalue weighted by Gasteiger charge is 2.28. The second-order valence-corrected chi connectivity index (χ2v) is 7.33. The standard InChI is InChI=1S/C18H26N8/c1-12(13-4-5-13)21-17-15-6-7-19-16(15)23-18(24-17)22-14-10-20-26(11-14)9-8-25(2)3/h6-7,10-13H,4-5,8-9H2,1-3H3,(H3,19,21,22,23,24). The van der Waals surface area contributed by atoms with E-state index in [4.69, 9.17) is 4.98 Å². The molecule has 26 heavy (non-hydrogen) atoms. The molecule has 0 spiro atoms. The average molecular weight is 354 g/mol. The van der Waals surface area contributed by atoms with Crippen LogP contribution in [0.25, 0.3) is 11.0 Å². The van der Waals surface area contributed by atoms with Crippen molar-refractivity contribution in [1.29, 1.82) is 0 Å². The molecule has 0 aromatic carbocycles. The van der Waals surface area contributed by atoms with Crippen LogP contribution in [0.5, 0.6) is 0 Å². The number of nitrogens with zero attached hydrogens (tertiary/aromatic N) is 5. The number of hydrogen-bond acceptors (Lipinski definition) is 6. The Morgan fingerprint density at radius 1 is 1.35 bits per heavy atom. The third kappa shape index (κ3) is 3.80. The molecule has 1 saturated carbocycles. The molecule has 3 heterocycles. The summed E-state index contributed by atoms with van der Waals surface area (Å²) < 4.78 is 1.92. The first kappa shape index (κ1) is 16.8. The van der Waals surface area contributed by atoms with E-state index in [2.05, 4.69) is 51.6 Å². The molecule has 8 nitrogen and oxygen atoms in total. The van der Waals surface area contributed by atoms with Crippen LogP contribution in [-0.2, 0) is 6.54 Å². The van der Waals surface area contributed by atoms with Gasteiger partial charge in [-0.25, -0.2) is 0 Å². The molecular weight excluding hydrogens is 328 g/mol. The third-order valence-corrected chi connectivity index (χ3v) is 4.77. The van der Waals surface area contributed by atoms with Crippen molar-refractivity contribution >= 4 is 28.5 Å². The van der Waals surface area contributed by atoms with E-state index in [1.165, 1.54) is 12.8 Å². The summed E-state index contributed by atoms with van der Waals surface area (Å²) in [6.07, 6.45) is 8.28. The van der Waals surface area contributed by atoms with Gasteiger partial charge in [0, 0.05) is 25.0 Å². The summed E-state index contributed by atoms with van der Waals surface area (Å²) in [5.41, 5.74) is 1.71. The van der Waals surface area contributed by atoms with Gasteiger partial charge in [-0.05, 0) is 45.8 Å². The van der Waals surface area contributed by atoms with Crippen LogP contribution in [-0.4, -0.2) is 56.3 Å². The number of hydrogen-bond donors (Lipinski definition) is 3. The van der Waals surface area contributed by atoms with Gasteiger partial charge >= 0.3 is 0 Å². The molecule has 138 valence electrons. The maximum Gasteiger partial charge on any atom is 0.231 e. The summed E-state index contributed by atoms with van der Waals surface area (Å²) in [6, 6.07) is 2.44. The number of aromatic amines is 1. The minimum atomic E-state index is 0.421. The van der Waals surface area contributed by atoms with Gasteiger partial charge in [0.25, 0.3) is 0 Å². The molecule has 3 aromatic heterocycles. The molecule has 0 radical (unpaired) electrons. The van der Waals surface area contributed by atoms with E-state index in [0.717, 1.165) is 41.5 Å². The highest BCUT2D eigenvalue weighted by atomic mass is 15.3. The lowest BCUT2D eigenvalue weighted by atomic mass is 10.2. The van der Waals surface area contributed by atoms with Gasteiger partial charge in [-0.2, -0.15) is 15.1 Å². The fourth-order valence-corrected chi connectivity index (χ4v) is 3.02. The molecule has 0 bridgehead atoms. The predicted octanol–water partition coefficient (Wildman–Crippen LogP) is 2.67. The summed E-state index contributed by atoms with van der Waals surface area (Å²) in [7, 11) is 4.11. The summed E-state index contributed by atoms with van der Waals surface area (Å²) in [5, 5.41) is 12.2. The van der Waals surface area contributed by atoms with E-state index in [0.29, 0.717) is 12.0 Å². The Labute approximate surface area is 153 Å². The molecular formula is C18H26N8. The lowest BCUT2D eigenvalue weighted by Crippen LogP contribution is -2.18. The zero-order chi connectivity index (χ0) is 18.1.